The highest BCUT2D eigenvalue weighted by atomic mass is 35.5. The van der Waals surface area contributed by atoms with Crippen LogP contribution in [0.25, 0.3) is 10.9 Å². The van der Waals surface area contributed by atoms with Gasteiger partial charge in [-0.3, -0.25) is 5.32 Å². The third kappa shape index (κ3) is 4.35. The second kappa shape index (κ2) is 7.00. The van der Waals surface area contributed by atoms with E-state index in [1.165, 1.54) is 12.1 Å². The number of benzene rings is 2. The molecule has 1 heterocycles. The van der Waals surface area contributed by atoms with E-state index in [0.29, 0.717) is 22.8 Å². The zero-order valence-electron chi connectivity index (χ0n) is 14.8. The highest BCUT2D eigenvalue weighted by Crippen LogP contribution is 2.27. The zero-order chi connectivity index (χ0) is 18.9. The minimum atomic E-state index is -0.628. The maximum Gasteiger partial charge on any atom is 0.412 e. The van der Waals surface area contributed by atoms with Crippen LogP contribution >= 0.6 is 11.6 Å². The quantitative estimate of drug-likeness (QED) is 0.626. The molecule has 0 unspecified atom stereocenters. The molecule has 0 spiro atoms. The van der Waals surface area contributed by atoms with Gasteiger partial charge >= 0.3 is 6.09 Å². The Labute approximate surface area is 156 Å². The van der Waals surface area contributed by atoms with Crippen LogP contribution in [-0.2, 0) is 11.3 Å². The maximum absolute atomic E-state index is 14.1. The number of aromatic nitrogens is 1. The van der Waals surface area contributed by atoms with E-state index >= 15 is 0 Å². The van der Waals surface area contributed by atoms with Gasteiger partial charge in [0.2, 0.25) is 0 Å². The molecule has 0 aliphatic rings. The Balaban J connectivity index is 1.91. The van der Waals surface area contributed by atoms with Crippen molar-refractivity contribution in [2.75, 3.05) is 5.32 Å². The number of ether oxygens (including phenoxy) is 1. The predicted molar refractivity (Wildman–Crippen MR) is 102 cm³/mol. The van der Waals surface area contributed by atoms with Crippen molar-refractivity contribution in [1.29, 1.82) is 0 Å². The highest BCUT2D eigenvalue weighted by Gasteiger charge is 2.18. The van der Waals surface area contributed by atoms with Gasteiger partial charge in [-0.2, -0.15) is 0 Å². The number of carbonyl (C=O) groups excluding carboxylic acids is 1. The van der Waals surface area contributed by atoms with E-state index in [-0.39, 0.29) is 0 Å². The molecular weight excluding hydrogens is 355 g/mol. The lowest BCUT2D eigenvalue weighted by atomic mass is 10.2. The standard InChI is InChI=1S/C20H20ClFN2O2/c1-20(2,3)26-19(25)23-17-10-15(22)11-18-16(17)8-9-24(18)12-13-4-6-14(21)7-5-13/h4-11H,12H2,1-3H3,(H,23,25). The van der Waals surface area contributed by atoms with Gasteiger partial charge in [-0.05, 0) is 56.7 Å². The van der Waals surface area contributed by atoms with Gasteiger partial charge < -0.3 is 9.30 Å². The first-order valence-electron chi connectivity index (χ1n) is 8.24. The highest BCUT2D eigenvalue weighted by molar-refractivity contribution is 6.30. The smallest absolute Gasteiger partial charge is 0.412 e. The van der Waals surface area contributed by atoms with Crippen molar-refractivity contribution < 1.29 is 13.9 Å². The zero-order valence-corrected chi connectivity index (χ0v) is 15.6. The molecule has 0 saturated heterocycles. The second-order valence-electron chi connectivity index (χ2n) is 7.08. The van der Waals surface area contributed by atoms with Crippen LogP contribution in [0.4, 0.5) is 14.9 Å². The first-order chi connectivity index (χ1) is 12.2. The number of rotatable bonds is 3. The van der Waals surface area contributed by atoms with E-state index in [1.807, 2.05) is 41.1 Å². The summed E-state index contributed by atoms with van der Waals surface area (Å²) >= 11 is 5.92. The molecule has 136 valence electrons. The number of fused-ring (bicyclic) bond motifs is 1. The Morgan fingerprint density at radius 3 is 2.54 bits per heavy atom. The number of halogens is 2. The van der Waals surface area contributed by atoms with E-state index in [4.69, 9.17) is 16.3 Å². The number of nitrogens with one attached hydrogen (secondary N) is 1. The molecule has 0 aliphatic heterocycles. The molecule has 26 heavy (non-hydrogen) atoms. The number of anilines is 1. The van der Waals surface area contributed by atoms with E-state index < -0.39 is 17.5 Å². The molecule has 1 N–H and O–H groups in total. The van der Waals surface area contributed by atoms with Gasteiger partial charge in [0.1, 0.15) is 11.4 Å². The van der Waals surface area contributed by atoms with Gasteiger partial charge in [0.25, 0.3) is 0 Å². The minimum Gasteiger partial charge on any atom is -0.444 e. The Kier molecular flexibility index (Phi) is 4.92. The van der Waals surface area contributed by atoms with Crippen LogP contribution < -0.4 is 5.32 Å². The molecule has 1 aromatic heterocycles. The molecule has 0 atom stereocenters. The summed E-state index contributed by atoms with van der Waals surface area (Å²) in [4.78, 5) is 12.0. The average Bonchev–Trinajstić information content (AvgIpc) is 2.90. The SMILES string of the molecule is CC(C)(C)OC(=O)Nc1cc(F)cc2c1ccn2Cc1ccc(Cl)cc1. The largest absolute Gasteiger partial charge is 0.444 e. The van der Waals surface area contributed by atoms with Crippen LogP contribution in [0.5, 0.6) is 0 Å². The van der Waals surface area contributed by atoms with Gasteiger partial charge in [-0.25, -0.2) is 9.18 Å². The summed E-state index contributed by atoms with van der Waals surface area (Å²) in [6, 6.07) is 12.1. The van der Waals surface area contributed by atoms with Crippen LogP contribution in [0.1, 0.15) is 26.3 Å². The fraction of sp³-hybridized carbons (Fsp3) is 0.250. The molecule has 0 aliphatic carbocycles. The summed E-state index contributed by atoms with van der Waals surface area (Å²) in [5, 5.41) is 4.04. The van der Waals surface area contributed by atoms with Crippen molar-refractivity contribution in [3.05, 3.63) is 65.1 Å². The van der Waals surface area contributed by atoms with Gasteiger partial charge in [0, 0.05) is 23.2 Å². The van der Waals surface area contributed by atoms with E-state index in [1.54, 1.807) is 20.8 Å². The Morgan fingerprint density at radius 2 is 1.88 bits per heavy atom. The van der Waals surface area contributed by atoms with E-state index in [9.17, 15) is 9.18 Å². The van der Waals surface area contributed by atoms with Gasteiger partial charge in [0.05, 0.1) is 11.2 Å². The second-order valence-corrected chi connectivity index (χ2v) is 7.52. The fourth-order valence-corrected chi connectivity index (χ4v) is 2.83. The fourth-order valence-electron chi connectivity index (χ4n) is 2.70. The number of amides is 1. The lowest BCUT2D eigenvalue weighted by Crippen LogP contribution is -2.27. The normalized spacial score (nSPS) is 11.6. The average molecular weight is 375 g/mol. The molecule has 2 aromatic carbocycles. The minimum absolute atomic E-state index is 0.379. The van der Waals surface area contributed by atoms with Crippen LogP contribution in [0.15, 0.2) is 48.7 Å². The molecule has 3 aromatic rings. The first-order valence-corrected chi connectivity index (χ1v) is 8.62. The van der Waals surface area contributed by atoms with Crippen molar-refractivity contribution in [3.8, 4) is 0 Å². The maximum atomic E-state index is 14.1. The number of hydrogen-bond donors (Lipinski definition) is 1. The number of hydrogen-bond acceptors (Lipinski definition) is 2. The van der Waals surface area contributed by atoms with Crippen molar-refractivity contribution in [2.24, 2.45) is 0 Å². The van der Waals surface area contributed by atoms with Crippen LogP contribution in [-0.4, -0.2) is 16.3 Å². The molecule has 0 radical (unpaired) electrons. The molecule has 3 rings (SSSR count). The van der Waals surface area contributed by atoms with Gasteiger partial charge in [-0.15, -0.1) is 0 Å². The Morgan fingerprint density at radius 1 is 1.19 bits per heavy atom. The van der Waals surface area contributed by atoms with Crippen molar-refractivity contribution in [3.63, 3.8) is 0 Å². The van der Waals surface area contributed by atoms with Crippen molar-refractivity contribution in [1.82, 2.24) is 4.57 Å². The predicted octanol–water partition coefficient (Wildman–Crippen LogP) is 5.83. The number of carbonyl (C=O) groups is 1. The van der Waals surface area contributed by atoms with Crippen LogP contribution in [0, 0.1) is 5.82 Å². The lowest BCUT2D eigenvalue weighted by molar-refractivity contribution is 0.0636. The molecule has 1 amide bonds. The monoisotopic (exact) mass is 374 g/mol. The summed E-state index contributed by atoms with van der Waals surface area (Å²) in [5.41, 5.74) is 1.48. The van der Waals surface area contributed by atoms with Gasteiger partial charge in [-0.1, -0.05) is 23.7 Å². The molecule has 4 nitrogen and oxygen atoms in total. The summed E-state index contributed by atoms with van der Waals surface area (Å²) in [7, 11) is 0. The molecular formula is C20H20ClFN2O2. The summed E-state index contributed by atoms with van der Waals surface area (Å²) in [5.74, 6) is -0.431. The topological polar surface area (TPSA) is 43.3 Å². The molecule has 0 fully saturated rings. The third-order valence-electron chi connectivity index (χ3n) is 3.76. The summed E-state index contributed by atoms with van der Waals surface area (Å²) in [6.07, 6.45) is 1.24. The molecule has 0 saturated carbocycles. The summed E-state index contributed by atoms with van der Waals surface area (Å²) in [6.45, 7) is 5.89. The first kappa shape index (κ1) is 18.3. The number of nitrogens with zero attached hydrogens (tertiary/aromatic N) is 1. The van der Waals surface area contributed by atoms with Crippen LogP contribution in [0.3, 0.4) is 0 Å². The Hall–Kier alpha value is -2.53. The van der Waals surface area contributed by atoms with E-state index in [2.05, 4.69) is 5.32 Å². The van der Waals surface area contributed by atoms with E-state index in [0.717, 1.165) is 10.9 Å². The lowest BCUT2D eigenvalue weighted by Gasteiger charge is -2.20. The van der Waals surface area contributed by atoms with Gasteiger partial charge in [0.15, 0.2) is 0 Å². The molecule has 0 bridgehead atoms. The third-order valence-corrected chi connectivity index (χ3v) is 4.01. The molecule has 6 heteroatoms. The van der Waals surface area contributed by atoms with Crippen molar-refractivity contribution in [2.45, 2.75) is 32.9 Å². The summed E-state index contributed by atoms with van der Waals surface area (Å²) < 4.78 is 21.3. The Bertz CT molecular complexity index is 943. The van der Waals surface area contributed by atoms with Crippen molar-refractivity contribution >= 4 is 34.3 Å². The van der Waals surface area contributed by atoms with Crippen LogP contribution in [0.2, 0.25) is 5.02 Å².